The van der Waals surface area contributed by atoms with Crippen LogP contribution in [0.2, 0.25) is 38.3 Å². The van der Waals surface area contributed by atoms with E-state index in [1.54, 1.807) is 0 Å². The van der Waals surface area contributed by atoms with Gasteiger partial charge >= 0.3 is 23.9 Å². The van der Waals surface area contributed by atoms with Crippen molar-refractivity contribution >= 4 is 40.5 Å². The van der Waals surface area contributed by atoms with E-state index < -0.39 is 40.5 Å². The SMILES string of the molecule is C#CCOC(=O)CCC(=O)OCCC[Si](C)(C)O[Si](C)(C)CCCOC(=O)CCC(=O)OCC#C. The highest BCUT2D eigenvalue weighted by Gasteiger charge is 2.32. The lowest BCUT2D eigenvalue weighted by atomic mass is 10.3. The summed E-state index contributed by atoms with van der Waals surface area (Å²) in [5, 5.41) is 0. The largest absolute Gasteiger partial charge is 0.466 e. The van der Waals surface area contributed by atoms with Crippen molar-refractivity contribution in [1.82, 2.24) is 0 Å². The lowest BCUT2D eigenvalue weighted by Gasteiger charge is -2.34. The number of terminal acetylenes is 2. The van der Waals surface area contributed by atoms with E-state index in [2.05, 4.69) is 38.0 Å². The first-order valence-corrected chi connectivity index (χ1v) is 17.8. The van der Waals surface area contributed by atoms with Gasteiger partial charge in [0, 0.05) is 0 Å². The molecule has 0 atom stereocenters. The maximum absolute atomic E-state index is 11.7. The van der Waals surface area contributed by atoms with E-state index in [9.17, 15) is 19.2 Å². The van der Waals surface area contributed by atoms with Gasteiger partial charge in [0.2, 0.25) is 0 Å². The van der Waals surface area contributed by atoms with Crippen LogP contribution in [-0.4, -0.2) is 66.9 Å². The van der Waals surface area contributed by atoms with Gasteiger partial charge in [-0.1, -0.05) is 11.8 Å². The molecule has 0 radical (unpaired) electrons. The number of rotatable bonds is 18. The summed E-state index contributed by atoms with van der Waals surface area (Å²) in [6, 6.07) is 1.65. The van der Waals surface area contributed by atoms with Crippen LogP contribution in [0.15, 0.2) is 0 Å². The standard InChI is InChI=1S/C24H38O9Si2/c1-7-15-29-21(25)11-13-23(27)31-17-9-19-34(3,4)33-35(5,6)20-10-18-32-24(28)14-12-22(26)30-16-8-2/h1-2H,9-20H2,3-6H3. The van der Waals surface area contributed by atoms with Gasteiger partial charge in [-0.05, 0) is 51.1 Å². The van der Waals surface area contributed by atoms with Gasteiger partial charge in [0.1, 0.15) is 0 Å². The molecule has 0 aliphatic heterocycles. The predicted octanol–water partition coefficient (Wildman–Crippen LogP) is 3.19. The molecule has 0 heterocycles. The molecule has 0 bridgehead atoms. The smallest absolute Gasteiger partial charge is 0.307 e. The van der Waals surface area contributed by atoms with Gasteiger partial charge in [-0.25, -0.2) is 0 Å². The van der Waals surface area contributed by atoms with E-state index in [0.29, 0.717) is 12.8 Å². The van der Waals surface area contributed by atoms with Crippen LogP contribution in [-0.2, 0) is 42.2 Å². The second-order valence-corrected chi connectivity index (χ2v) is 17.9. The molecular weight excluding hydrogens is 488 g/mol. The molecule has 11 heteroatoms. The van der Waals surface area contributed by atoms with E-state index in [1.807, 2.05) is 0 Å². The Bertz CT molecular complexity index is 715. The first-order chi connectivity index (χ1) is 16.4. The maximum Gasteiger partial charge on any atom is 0.307 e. The van der Waals surface area contributed by atoms with Crippen LogP contribution in [0.1, 0.15) is 38.5 Å². The second kappa shape index (κ2) is 17.8. The fraction of sp³-hybridized carbons (Fsp3) is 0.667. The van der Waals surface area contributed by atoms with Crippen LogP contribution < -0.4 is 0 Å². The Morgan fingerprint density at radius 2 is 0.914 bits per heavy atom. The third kappa shape index (κ3) is 19.4. The van der Waals surface area contributed by atoms with Crippen LogP contribution in [0.3, 0.4) is 0 Å². The molecule has 0 unspecified atom stereocenters. The molecule has 9 nitrogen and oxygen atoms in total. The lowest BCUT2D eigenvalue weighted by Crippen LogP contribution is -2.44. The summed E-state index contributed by atoms with van der Waals surface area (Å²) < 4.78 is 26.3. The monoisotopic (exact) mass is 526 g/mol. The van der Waals surface area contributed by atoms with E-state index in [4.69, 9.17) is 35.9 Å². The molecule has 0 saturated heterocycles. The molecule has 0 aromatic heterocycles. The molecule has 0 spiro atoms. The van der Waals surface area contributed by atoms with E-state index in [0.717, 1.165) is 12.1 Å². The van der Waals surface area contributed by atoms with Crippen molar-refractivity contribution in [3.05, 3.63) is 0 Å². The fourth-order valence-electron chi connectivity index (χ4n) is 3.16. The van der Waals surface area contributed by atoms with Crippen LogP contribution >= 0.6 is 0 Å². The summed E-state index contributed by atoms with van der Waals surface area (Å²) in [5.41, 5.74) is 0. The highest BCUT2D eigenvalue weighted by atomic mass is 28.4. The average Bonchev–Trinajstić information content (AvgIpc) is 2.78. The fourth-order valence-corrected chi connectivity index (χ4v) is 12.0. The minimum Gasteiger partial charge on any atom is -0.466 e. The highest BCUT2D eigenvalue weighted by Crippen LogP contribution is 2.24. The number of hydrogen-bond donors (Lipinski definition) is 0. The normalized spacial score (nSPS) is 11.0. The summed E-state index contributed by atoms with van der Waals surface area (Å²) >= 11 is 0. The first kappa shape index (κ1) is 32.4. The summed E-state index contributed by atoms with van der Waals surface area (Å²) in [6.07, 6.45) is 11.2. The van der Waals surface area contributed by atoms with Gasteiger partial charge < -0.3 is 23.1 Å². The average molecular weight is 527 g/mol. The molecule has 35 heavy (non-hydrogen) atoms. The quantitative estimate of drug-likeness (QED) is 0.0873. The van der Waals surface area contributed by atoms with Crippen LogP contribution in [0.4, 0.5) is 0 Å². The van der Waals surface area contributed by atoms with E-state index in [1.165, 1.54) is 0 Å². The molecule has 0 N–H and O–H groups in total. The Morgan fingerprint density at radius 3 is 1.23 bits per heavy atom. The number of carbonyl (C=O) groups excluding carboxylic acids is 4. The minimum absolute atomic E-state index is 0.0406. The minimum atomic E-state index is -1.98. The lowest BCUT2D eigenvalue weighted by molar-refractivity contribution is -0.149. The van der Waals surface area contributed by atoms with Crippen molar-refractivity contribution in [2.24, 2.45) is 0 Å². The van der Waals surface area contributed by atoms with E-state index >= 15 is 0 Å². The first-order valence-electron chi connectivity index (χ1n) is 11.6. The maximum atomic E-state index is 11.7. The third-order valence-corrected chi connectivity index (χ3v) is 12.2. The third-order valence-electron chi connectivity index (χ3n) is 4.62. The summed E-state index contributed by atoms with van der Waals surface area (Å²) in [6.45, 7) is 8.84. The Hall–Kier alpha value is -2.61. The van der Waals surface area contributed by atoms with Gasteiger partial charge in [0.25, 0.3) is 0 Å². The van der Waals surface area contributed by atoms with Crippen LogP contribution in [0.25, 0.3) is 0 Å². The van der Waals surface area contributed by atoms with Gasteiger partial charge in [-0.2, -0.15) is 0 Å². The molecule has 0 rings (SSSR count). The summed E-state index contributed by atoms with van der Waals surface area (Å²) in [7, 11) is -3.95. The summed E-state index contributed by atoms with van der Waals surface area (Å²) in [5.74, 6) is 2.43. The molecule has 0 aromatic rings. The molecule has 0 aliphatic carbocycles. The molecule has 0 amide bonds. The van der Waals surface area contributed by atoms with Crippen LogP contribution in [0.5, 0.6) is 0 Å². The van der Waals surface area contributed by atoms with Crippen molar-refractivity contribution in [2.75, 3.05) is 26.4 Å². The van der Waals surface area contributed by atoms with Crippen molar-refractivity contribution in [1.29, 1.82) is 0 Å². The Balaban J connectivity index is 4.07. The molecule has 196 valence electrons. The van der Waals surface area contributed by atoms with Gasteiger partial charge in [0.15, 0.2) is 29.8 Å². The Kier molecular flexibility index (Phi) is 16.5. The number of esters is 4. The molecule has 0 aromatic carbocycles. The summed E-state index contributed by atoms with van der Waals surface area (Å²) in [4.78, 5) is 46.1. The van der Waals surface area contributed by atoms with E-state index in [-0.39, 0.29) is 52.1 Å². The number of hydrogen-bond acceptors (Lipinski definition) is 9. The topological polar surface area (TPSA) is 114 Å². The zero-order chi connectivity index (χ0) is 26.7. The Morgan fingerprint density at radius 1 is 0.600 bits per heavy atom. The van der Waals surface area contributed by atoms with Gasteiger partial charge in [-0.3, -0.25) is 19.2 Å². The number of carbonyl (C=O) groups is 4. The zero-order valence-corrected chi connectivity index (χ0v) is 23.3. The molecule has 0 aliphatic rings. The Labute approximate surface area is 210 Å². The van der Waals surface area contributed by atoms with Gasteiger partial charge in [0.05, 0.1) is 38.9 Å². The van der Waals surface area contributed by atoms with Crippen molar-refractivity contribution < 1.29 is 42.2 Å². The second-order valence-electron chi connectivity index (χ2n) is 9.00. The molecule has 0 saturated carbocycles. The highest BCUT2D eigenvalue weighted by molar-refractivity contribution is 6.84. The van der Waals surface area contributed by atoms with Crippen molar-refractivity contribution in [3.8, 4) is 24.7 Å². The number of ether oxygens (including phenoxy) is 4. The van der Waals surface area contributed by atoms with Crippen molar-refractivity contribution in [2.45, 2.75) is 76.8 Å². The molecule has 0 fully saturated rings. The zero-order valence-electron chi connectivity index (χ0n) is 21.3. The molecular formula is C24H38O9Si2. The van der Waals surface area contributed by atoms with Crippen LogP contribution in [0, 0.1) is 24.7 Å². The van der Waals surface area contributed by atoms with Gasteiger partial charge in [-0.15, -0.1) is 12.8 Å². The predicted molar refractivity (Wildman–Crippen MR) is 135 cm³/mol. The van der Waals surface area contributed by atoms with Crippen molar-refractivity contribution in [3.63, 3.8) is 0 Å².